The third-order valence-corrected chi connectivity index (χ3v) is 4.28. The molecule has 0 radical (unpaired) electrons. The first kappa shape index (κ1) is 16.9. The van der Waals surface area contributed by atoms with Crippen LogP contribution in [0.15, 0.2) is 0 Å². The Bertz CT molecular complexity index is 212. The molecule has 0 spiro atoms. The minimum atomic E-state index is 0.715. The van der Waals surface area contributed by atoms with E-state index >= 15 is 0 Å². The van der Waals surface area contributed by atoms with Gasteiger partial charge in [-0.3, -0.25) is 0 Å². The van der Waals surface area contributed by atoms with Gasteiger partial charge in [0.1, 0.15) is 0 Å². The van der Waals surface area contributed by atoms with Crippen molar-refractivity contribution in [1.29, 1.82) is 0 Å². The third kappa shape index (κ3) is 7.28. The molecule has 1 saturated carbocycles. The maximum atomic E-state index is 3.79. The largest absolute Gasteiger partial charge is 0.312 e. The average Bonchev–Trinajstić information content (AvgIpc) is 2.87. The molecule has 1 atom stereocenters. The van der Waals surface area contributed by atoms with Gasteiger partial charge < -0.3 is 15.1 Å². The van der Waals surface area contributed by atoms with Crippen LogP contribution in [0, 0.1) is 5.92 Å². The molecule has 1 aliphatic carbocycles. The zero-order chi connectivity index (χ0) is 14.1. The molecule has 0 bridgehead atoms. The monoisotopic (exact) mass is 269 g/mol. The lowest BCUT2D eigenvalue weighted by molar-refractivity contribution is 0.231. The summed E-state index contributed by atoms with van der Waals surface area (Å²) < 4.78 is 0. The van der Waals surface area contributed by atoms with Crippen LogP contribution >= 0.6 is 0 Å². The topological polar surface area (TPSA) is 18.5 Å². The summed E-state index contributed by atoms with van der Waals surface area (Å²) in [6.07, 6.45) is 8.28. The minimum Gasteiger partial charge on any atom is -0.312 e. The molecule has 3 heteroatoms. The molecule has 1 aliphatic rings. The molecule has 0 aromatic heterocycles. The van der Waals surface area contributed by atoms with Gasteiger partial charge in [0.05, 0.1) is 0 Å². The fraction of sp³-hybridized carbons (Fsp3) is 1.00. The summed E-state index contributed by atoms with van der Waals surface area (Å²) >= 11 is 0. The summed E-state index contributed by atoms with van der Waals surface area (Å²) in [5, 5.41) is 3.79. The predicted molar refractivity (Wildman–Crippen MR) is 84.7 cm³/mol. The van der Waals surface area contributed by atoms with Crippen LogP contribution in [-0.2, 0) is 0 Å². The van der Waals surface area contributed by atoms with Crippen LogP contribution in [0.4, 0.5) is 0 Å². The third-order valence-electron chi connectivity index (χ3n) is 4.28. The number of nitrogens with zero attached hydrogens (tertiary/aromatic N) is 2. The zero-order valence-electron chi connectivity index (χ0n) is 13.6. The van der Waals surface area contributed by atoms with Gasteiger partial charge in [-0.05, 0) is 72.4 Å². The van der Waals surface area contributed by atoms with Gasteiger partial charge in [0.25, 0.3) is 0 Å². The lowest BCUT2D eigenvalue weighted by Crippen LogP contribution is -2.44. The van der Waals surface area contributed by atoms with E-state index in [1.807, 2.05) is 0 Å². The number of nitrogens with one attached hydrogen (secondary N) is 1. The van der Waals surface area contributed by atoms with Crippen LogP contribution in [0.2, 0.25) is 0 Å². The van der Waals surface area contributed by atoms with Crippen LogP contribution in [0.3, 0.4) is 0 Å². The SMILES string of the molecule is CCCNC(CN(C)CCCN(C)C)C1CCCC1. The summed E-state index contributed by atoms with van der Waals surface area (Å²) in [7, 11) is 6.60. The van der Waals surface area contributed by atoms with E-state index in [2.05, 4.69) is 43.2 Å². The van der Waals surface area contributed by atoms with Gasteiger partial charge in [-0.2, -0.15) is 0 Å². The van der Waals surface area contributed by atoms with E-state index in [-0.39, 0.29) is 0 Å². The maximum Gasteiger partial charge on any atom is 0.0223 e. The second-order valence-electron chi connectivity index (χ2n) is 6.52. The Morgan fingerprint density at radius 1 is 1.11 bits per heavy atom. The molecule has 3 nitrogen and oxygen atoms in total. The van der Waals surface area contributed by atoms with Crippen molar-refractivity contribution in [3.05, 3.63) is 0 Å². The van der Waals surface area contributed by atoms with Crippen molar-refractivity contribution in [2.45, 2.75) is 51.5 Å². The van der Waals surface area contributed by atoms with Crippen molar-refractivity contribution >= 4 is 0 Å². The summed E-state index contributed by atoms with van der Waals surface area (Å²) in [5.41, 5.74) is 0. The average molecular weight is 269 g/mol. The van der Waals surface area contributed by atoms with Gasteiger partial charge in [0.15, 0.2) is 0 Å². The predicted octanol–water partition coefficient (Wildman–Crippen LogP) is 2.43. The molecule has 1 rings (SSSR count). The fourth-order valence-electron chi connectivity index (χ4n) is 3.15. The van der Waals surface area contributed by atoms with E-state index in [0.29, 0.717) is 6.04 Å². The first-order chi connectivity index (χ1) is 9.13. The summed E-state index contributed by atoms with van der Waals surface area (Å²) in [6.45, 7) is 7.07. The smallest absolute Gasteiger partial charge is 0.0223 e. The van der Waals surface area contributed by atoms with E-state index in [0.717, 1.165) is 5.92 Å². The van der Waals surface area contributed by atoms with Crippen LogP contribution in [0.1, 0.15) is 45.4 Å². The highest BCUT2D eigenvalue weighted by Gasteiger charge is 2.25. The van der Waals surface area contributed by atoms with E-state index in [9.17, 15) is 0 Å². The van der Waals surface area contributed by atoms with E-state index in [4.69, 9.17) is 0 Å². The highest BCUT2D eigenvalue weighted by Crippen LogP contribution is 2.28. The van der Waals surface area contributed by atoms with Crippen LogP contribution in [0.25, 0.3) is 0 Å². The summed E-state index contributed by atoms with van der Waals surface area (Å²) in [6, 6.07) is 0.715. The van der Waals surface area contributed by atoms with E-state index in [1.165, 1.54) is 64.7 Å². The van der Waals surface area contributed by atoms with E-state index < -0.39 is 0 Å². The Balaban J connectivity index is 2.29. The zero-order valence-corrected chi connectivity index (χ0v) is 13.6. The van der Waals surface area contributed by atoms with Crippen molar-refractivity contribution in [1.82, 2.24) is 15.1 Å². The Hall–Kier alpha value is -0.120. The summed E-state index contributed by atoms with van der Waals surface area (Å²) in [5.74, 6) is 0.919. The Morgan fingerprint density at radius 3 is 2.37 bits per heavy atom. The molecule has 1 N–H and O–H groups in total. The number of rotatable bonds is 10. The van der Waals surface area contributed by atoms with Crippen molar-refractivity contribution in [3.63, 3.8) is 0 Å². The first-order valence-corrected chi connectivity index (χ1v) is 8.20. The molecule has 0 aliphatic heterocycles. The second kappa shape index (κ2) is 9.73. The molecule has 1 unspecified atom stereocenters. The quantitative estimate of drug-likeness (QED) is 0.657. The summed E-state index contributed by atoms with van der Waals surface area (Å²) in [4.78, 5) is 4.80. The van der Waals surface area contributed by atoms with Crippen LogP contribution < -0.4 is 5.32 Å². The van der Waals surface area contributed by atoms with Gasteiger partial charge in [-0.15, -0.1) is 0 Å². The molecule has 114 valence electrons. The molecular formula is C16H35N3. The van der Waals surface area contributed by atoms with Crippen molar-refractivity contribution in [2.24, 2.45) is 5.92 Å². The lowest BCUT2D eigenvalue weighted by Gasteiger charge is -2.29. The molecule has 0 amide bonds. The first-order valence-electron chi connectivity index (χ1n) is 8.20. The molecule has 0 saturated heterocycles. The molecule has 19 heavy (non-hydrogen) atoms. The van der Waals surface area contributed by atoms with Crippen molar-refractivity contribution < 1.29 is 0 Å². The Kier molecular flexibility index (Phi) is 8.67. The van der Waals surface area contributed by atoms with Gasteiger partial charge in [0, 0.05) is 12.6 Å². The minimum absolute atomic E-state index is 0.715. The number of hydrogen-bond donors (Lipinski definition) is 1. The van der Waals surface area contributed by atoms with E-state index in [1.54, 1.807) is 0 Å². The Labute approximate surface area is 120 Å². The van der Waals surface area contributed by atoms with Gasteiger partial charge in [-0.25, -0.2) is 0 Å². The molecule has 0 aromatic rings. The van der Waals surface area contributed by atoms with Gasteiger partial charge >= 0.3 is 0 Å². The number of likely N-dealkylation sites (N-methyl/N-ethyl adjacent to an activating group) is 1. The normalized spacial score (nSPS) is 18.6. The van der Waals surface area contributed by atoms with Crippen LogP contribution in [-0.4, -0.2) is 63.2 Å². The Morgan fingerprint density at radius 2 is 1.79 bits per heavy atom. The van der Waals surface area contributed by atoms with Gasteiger partial charge in [-0.1, -0.05) is 19.8 Å². The number of hydrogen-bond acceptors (Lipinski definition) is 3. The highest BCUT2D eigenvalue weighted by molar-refractivity contribution is 4.82. The van der Waals surface area contributed by atoms with Crippen molar-refractivity contribution in [2.75, 3.05) is 47.3 Å². The molecule has 1 fully saturated rings. The molecular weight excluding hydrogens is 234 g/mol. The highest BCUT2D eigenvalue weighted by atomic mass is 15.1. The second-order valence-corrected chi connectivity index (χ2v) is 6.52. The molecule has 0 heterocycles. The maximum absolute atomic E-state index is 3.79. The molecule has 0 aromatic carbocycles. The standard InChI is InChI=1S/C16H35N3/c1-5-11-17-16(15-9-6-7-10-15)14-19(4)13-8-12-18(2)3/h15-17H,5-14H2,1-4H3. The van der Waals surface area contributed by atoms with Crippen molar-refractivity contribution in [3.8, 4) is 0 Å². The fourth-order valence-corrected chi connectivity index (χ4v) is 3.15. The van der Waals surface area contributed by atoms with Gasteiger partial charge in [0.2, 0.25) is 0 Å². The van der Waals surface area contributed by atoms with Crippen LogP contribution in [0.5, 0.6) is 0 Å². The lowest BCUT2D eigenvalue weighted by atomic mass is 9.97.